The van der Waals surface area contributed by atoms with E-state index in [2.05, 4.69) is 54.3 Å². The quantitative estimate of drug-likeness (QED) is 0.876. The van der Waals surface area contributed by atoms with Gasteiger partial charge in [0.25, 0.3) is 0 Å². The van der Waals surface area contributed by atoms with E-state index < -0.39 is 0 Å². The van der Waals surface area contributed by atoms with E-state index in [1.165, 1.54) is 31.4 Å². The van der Waals surface area contributed by atoms with Gasteiger partial charge in [0.05, 0.1) is 0 Å². The van der Waals surface area contributed by atoms with Crippen molar-refractivity contribution >= 4 is 5.82 Å². The molecule has 1 saturated heterocycles. The highest BCUT2D eigenvalue weighted by atomic mass is 15.2. The van der Waals surface area contributed by atoms with Crippen LogP contribution in [-0.2, 0) is 0 Å². The van der Waals surface area contributed by atoms with Crippen molar-refractivity contribution in [1.29, 1.82) is 0 Å². The largest absolute Gasteiger partial charge is 0.370 e. The zero-order chi connectivity index (χ0) is 13.7. The Labute approximate surface area is 117 Å². The summed E-state index contributed by atoms with van der Waals surface area (Å²) in [5, 5.41) is 3.37. The van der Waals surface area contributed by atoms with Crippen molar-refractivity contribution in [3.05, 3.63) is 23.9 Å². The molecule has 1 aromatic rings. The molecule has 1 fully saturated rings. The van der Waals surface area contributed by atoms with Crippen molar-refractivity contribution in [2.75, 3.05) is 25.0 Å². The lowest BCUT2D eigenvalue weighted by Crippen LogP contribution is -2.33. The summed E-state index contributed by atoms with van der Waals surface area (Å²) in [6, 6.07) is 4.94. The third-order valence-electron chi connectivity index (χ3n) is 3.88. The normalized spacial score (nSPS) is 20.7. The summed E-state index contributed by atoms with van der Waals surface area (Å²) in [6.07, 6.45) is 6.01. The van der Waals surface area contributed by atoms with Crippen LogP contribution in [0.15, 0.2) is 18.3 Å². The number of rotatable bonds is 5. The number of likely N-dealkylation sites (tertiary alicyclic amines) is 1. The van der Waals surface area contributed by atoms with Gasteiger partial charge in [0.15, 0.2) is 0 Å². The first-order valence-electron chi connectivity index (χ1n) is 7.64. The molecule has 0 spiro atoms. The molecule has 0 bridgehead atoms. The Hall–Kier alpha value is -1.09. The molecule has 2 heterocycles. The molecule has 0 saturated carbocycles. The average Bonchev–Trinajstić information content (AvgIpc) is 2.45. The molecule has 0 unspecified atom stereocenters. The molecule has 1 aliphatic rings. The Balaban J connectivity index is 2.00. The van der Waals surface area contributed by atoms with Gasteiger partial charge in [-0.3, -0.25) is 4.90 Å². The molecule has 0 aromatic carbocycles. The van der Waals surface area contributed by atoms with Gasteiger partial charge in [-0.25, -0.2) is 4.98 Å². The molecule has 106 valence electrons. The molecule has 1 aliphatic heterocycles. The van der Waals surface area contributed by atoms with Gasteiger partial charge in [0, 0.05) is 18.8 Å². The number of nitrogens with one attached hydrogen (secondary N) is 1. The van der Waals surface area contributed by atoms with E-state index in [-0.39, 0.29) is 0 Å². The van der Waals surface area contributed by atoms with Gasteiger partial charge in [-0.1, -0.05) is 33.3 Å². The lowest BCUT2D eigenvalue weighted by atomic mass is 9.96. The summed E-state index contributed by atoms with van der Waals surface area (Å²) >= 11 is 0. The molecular formula is C16H27N3. The summed E-state index contributed by atoms with van der Waals surface area (Å²) in [5.41, 5.74) is 1.37. The second kappa shape index (κ2) is 6.90. The summed E-state index contributed by atoms with van der Waals surface area (Å²) in [6.45, 7) is 10.0. The van der Waals surface area contributed by atoms with Gasteiger partial charge in [0.2, 0.25) is 0 Å². The molecule has 2 rings (SSSR count). The first kappa shape index (κ1) is 14.3. The van der Waals surface area contributed by atoms with Gasteiger partial charge in [-0.2, -0.15) is 0 Å². The van der Waals surface area contributed by atoms with E-state index in [4.69, 9.17) is 0 Å². The Morgan fingerprint density at radius 2 is 2.21 bits per heavy atom. The number of hydrogen-bond donors (Lipinski definition) is 1. The molecule has 1 N–H and O–H groups in total. The summed E-state index contributed by atoms with van der Waals surface area (Å²) < 4.78 is 0. The van der Waals surface area contributed by atoms with Crippen LogP contribution in [0.5, 0.6) is 0 Å². The Morgan fingerprint density at radius 1 is 1.37 bits per heavy atom. The monoisotopic (exact) mass is 261 g/mol. The van der Waals surface area contributed by atoms with Crippen LogP contribution in [0.3, 0.4) is 0 Å². The van der Waals surface area contributed by atoms with Crippen LogP contribution in [0, 0.1) is 5.92 Å². The first-order valence-corrected chi connectivity index (χ1v) is 7.64. The van der Waals surface area contributed by atoms with Crippen LogP contribution < -0.4 is 5.32 Å². The lowest BCUT2D eigenvalue weighted by Gasteiger charge is -2.35. The highest BCUT2D eigenvalue weighted by molar-refractivity contribution is 5.36. The average molecular weight is 261 g/mol. The van der Waals surface area contributed by atoms with Crippen LogP contribution in [0.1, 0.15) is 51.6 Å². The molecule has 19 heavy (non-hydrogen) atoms. The highest BCUT2D eigenvalue weighted by Gasteiger charge is 2.22. The minimum absolute atomic E-state index is 0.574. The second-order valence-corrected chi connectivity index (χ2v) is 5.89. The minimum Gasteiger partial charge on any atom is -0.370 e. The maximum Gasteiger partial charge on any atom is 0.125 e. The third kappa shape index (κ3) is 3.93. The first-order chi connectivity index (χ1) is 9.20. The Bertz CT molecular complexity index is 372. The molecule has 1 aromatic heterocycles. The Morgan fingerprint density at radius 3 is 2.84 bits per heavy atom. The molecule has 0 aliphatic carbocycles. The summed E-state index contributed by atoms with van der Waals surface area (Å²) in [7, 11) is 0. The smallest absolute Gasteiger partial charge is 0.125 e. The van der Waals surface area contributed by atoms with Crippen LogP contribution >= 0.6 is 0 Å². The maximum atomic E-state index is 4.56. The van der Waals surface area contributed by atoms with E-state index in [1.807, 2.05) is 0 Å². The van der Waals surface area contributed by atoms with E-state index in [1.54, 1.807) is 0 Å². The lowest BCUT2D eigenvalue weighted by molar-refractivity contribution is 0.157. The summed E-state index contributed by atoms with van der Waals surface area (Å²) in [4.78, 5) is 7.13. The molecule has 1 atom stereocenters. The number of piperidine rings is 1. The number of pyridine rings is 1. The van der Waals surface area contributed by atoms with Gasteiger partial charge in [0.1, 0.15) is 5.82 Å². The summed E-state index contributed by atoms with van der Waals surface area (Å²) in [5.74, 6) is 1.65. The Kier molecular flexibility index (Phi) is 5.20. The van der Waals surface area contributed by atoms with Crippen LogP contribution in [0.4, 0.5) is 5.82 Å². The highest BCUT2D eigenvalue weighted by Crippen LogP contribution is 2.30. The number of anilines is 1. The fraction of sp³-hybridized carbons (Fsp3) is 0.688. The van der Waals surface area contributed by atoms with Crippen molar-refractivity contribution < 1.29 is 0 Å². The zero-order valence-corrected chi connectivity index (χ0v) is 12.5. The second-order valence-electron chi connectivity index (χ2n) is 5.89. The van der Waals surface area contributed by atoms with Crippen LogP contribution in [-0.4, -0.2) is 29.5 Å². The fourth-order valence-electron chi connectivity index (χ4n) is 2.76. The van der Waals surface area contributed by atoms with E-state index >= 15 is 0 Å². The van der Waals surface area contributed by atoms with E-state index in [0.29, 0.717) is 12.0 Å². The van der Waals surface area contributed by atoms with E-state index in [9.17, 15) is 0 Å². The predicted octanol–water partition coefficient (Wildman–Crippen LogP) is 3.70. The number of nitrogens with zero attached hydrogens (tertiary/aromatic N) is 2. The van der Waals surface area contributed by atoms with Crippen molar-refractivity contribution in [1.82, 2.24) is 9.88 Å². The van der Waals surface area contributed by atoms with E-state index in [0.717, 1.165) is 18.9 Å². The SMILES string of the molecule is CCN1CCCC[C@@H]1c1ccc(NCC(C)C)nc1. The van der Waals surface area contributed by atoms with Gasteiger partial charge in [-0.05, 0) is 43.5 Å². The van der Waals surface area contributed by atoms with Gasteiger partial charge >= 0.3 is 0 Å². The zero-order valence-electron chi connectivity index (χ0n) is 12.5. The van der Waals surface area contributed by atoms with Crippen molar-refractivity contribution in [3.8, 4) is 0 Å². The molecule has 0 radical (unpaired) electrons. The number of aromatic nitrogens is 1. The predicted molar refractivity (Wildman–Crippen MR) is 81.4 cm³/mol. The van der Waals surface area contributed by atoms with Crippen molar-refractivity contribution in [2.24, 2.45) is 5.92 Å². The van der Waals surface area contributed by atoms with Crippen molar-refractivity contribution in [3.63, 3.8) is 0 Å². The maximum absolute atomic E-state index is 4.56. The van der Waals surface area contributed by atoms with Crippen LogP contribution in [0.2, 0.25) is 0 Å². The standard InChI is InChI=1S/C16H27N3/c1-4-19-10-6-5-7-15(19)14-8-9-16(18-12-14)17-11-13(2)3/h8-9,12-13,15H,4-7,10-11H2,1-3H3,(H,17,18)/t15-/m1/s1. The molecule has 3 nitrogen and oxygen atoms in total. The molecule has 3 heteroatoms. The number of hydrogen-bond acceptors (Lipinski definition) is 3. The van der Waals surface area contributed by atoms with Gasteiger partial charge < -0.3 is 5.32 Å². The molecule has 0 amide bonds. The topological polar surface area (TPSA) is 28.2 Å². The molecular weight excluding hydrogens is 234 g/mol. The van der Waals surface area contributed by atoms with Crippen LogP contribution in [0.25, 0.3) is 0 Å². The third-order valence-corrected chi connectivity index (χ3v) is 3.88. The van der Waals surface area contributed by atoms with Crippen molar-refractivity contribution in [2.45, 2.75) is 46.1 Å². The fourth-order valence-corrected chi connectivity index (χ4v) is 2.76. The van der Waals surface area contributed by atoms with Gasteiger partial charge in [-0.15, -0.1) is 0 Å². The minimum atomic E-state index is 0.574.